The molecule has 0 aromatic heterocycles. The molecule has 0 saturated carbocycles. The van der Waals surface area contributed by atoms with Gasteiger partial charge in [-0.1, -0.05) is 18.9 Å². The van der Waals surface area contributed by atoms with E-state index in [0.717, 1.165) is 25.9 Å². The van der Waals surface area contributed by atoms with Gasteiger partial charge in [0.2, 0.25) is 0 Å². The third-order valence-electron chi connectivity index (χ3n) is 4.05. The Bertz CT molecular complexity index is 247. The summed E-state index contributed by atoms with van der Waals surface area (Å²) in [7, 11) is 0. The summed E-state index contributed by atoms with van der Waals surface area (Å²) >= 11 is 0. The molecule has 2 heteroatoms. The number of allylic oxidation sites excluding steroid dienone is 1. The predicted molar refractivity (Wildman–Crippen MR) is 65.3 cm³/mol. The highest BCUT2D eigenvalue weighted by Crippen LogP contribution is 2.30. The minimum atomic E-state index is -0.254. The van der Waals surface area contributed by atoms with Gasteiger partial charge in [-0.3, -0.25) is 0 Å². The third kappa shape index (κ3) is 2.86. The van der Waals surface area contributed by atoms with Gasteiger partial charge < -0.3 is 9.84 Å². The summed E-state index contributed by atoms with van der Waals surface area (Å²) in [5.74, 6) is 0.325. The van der Waals surface area contributed by atoms with Crippen LogP contribution in [0.4, 0.5) is 0 Å². The number of aliphatic hydroxyl groups excluding tert-OH is 1. The molecule has 2 nitrogen and oxygen atoms in total. The number of aliphatic hydroxyl groups is 1. The quantitative estimate of drug-likeness (QED) is 0.730. The fourth-order valence-corrected chi connectivity index (χ4v) is 2.92. The van der Waals surface area contributed by atoms with Crippen LogP contribution in [0.15, 0.2) is 11.6 Å². The Morgan fingerprint density at radius 3 is 2.88 bits per heavy atom. The van der Waals surface area contributed by atoms with E-state index in [9.17, 15) is 5.11 Å². The maximum atomic E-state index is 10.4. The summed E-state index contributed by atoms with van der Waals surface area (Å²) in [5, 5.41) is 10.4. The minimum absolute atomic E-state index is 0.223. The Labute approximate surface area is 98.7 Å². The summed E-state index contributed by atoms with van der Waals surface area (Å²) in [6, 6.07) is 0. The van der Waals surface area contributed by atoms with E-state index in [1.54, 1.807) is 0 Å². The van der Waals surface area contributed by atoms with Crippen molar-refractivity contribution in [1.29, 1.82) is 0 Å². The average molecular weight is 224 g/mol. The van der Waals surface area contributed by atoms with Gasteiger partial charge in [0.25, 0.3) is 0 Å². The van der Waals surface area contributed by atoms with Crippen LogP contribution in [0.2, 0.25) is 0 Å². The summed E-state index contributed by atoms with van der Waals surface area (Å²) in [6.45, 7) is 2.90. The molecule has 0 spiro atoms. The molecule has 3 unspecified atom stereocenters. The molecule has 0 bridgehead atoms. The van der Waals surface area contributed by atoms with Gasteiger partial charge in [0.15, 0.2) is 0 Å². The molecule has 1 aliphatic carbocycles. The number of rotatable bonds is 2. The highest BCUT2D eigenvalue weighted by Gasteiger charge is 2.32. The normalized spacial score (nSPS) is 34.0. The summed E-state index contributed by atoms with van der Waals surface area (Å²) in [4.78, 5) is 0. The van der Waals surface area contributed by atoms with Crippen LogP contribution >= 0.6 is 0 Å². The van der Waals surface area contributed by atoms with E-state index in [-0.39, 0.29) is 12.2 Å². The SMILES string of the molecule is CC1OCCC1C(O)C1=CCCCCCC1. The molecule has 2 rings (SSSR count). The van der Waals surface area contributed by atoms with Crippen molar-refractivity contribution < 1.29 is 9.84 Å². The Balaban J connectivity index is 1.98. The molecule has 0 aromatic carbocycles. The Kier molecular flexibility index (Phi) is 4.42. The van der Waals surface area contributed by atoms with Crippen LogP contribution in [0.1, 0.15) is 51.9 Å². The molecule has 3 atom stereocenters. The van der Waals surface area contributed by atoms with E-state index < -0.39 is 0 Å². The maximum Gasteiger partial charge on any atom is 0.0803 e. The number of hydrogen-bond donors (Lipinski definition) is 1. The average Bonchev–Trinajstić information content (AvgIpc) is 2.63. The topological polar surface area (TPSA) is 29.5 Å². The molecule has 1 fully saturated rings. The molecule has 0 amide bonds. The van der Waals surface area contributed by atoms with Crippen molar-refractivity contribution in [3.8, 4) is 0 Å². The van der Waals surface area contributed by atoms with E-state index in [4.69, 9.17) is 4.74 Å². The molecule has 16 heavy (non-hydrogen) atoms. The van der Waals surface area contributed by atoms with Crippen LogP contribution in [0.3, 0.4) is 0 Å². The van der Waals surface area contributed by atoms with Crippen molar-refractivity contribution in [3.63, 3.8) is 0 Å². The molecule has 1 heterocycles. The highest BCUT2D eigenvalue weighted by atomic mass is 16.5. The maximum absolute atomic E-state index is 10.4. The first kappa shape index (κ1) is 12.1. The Hall–Kier alpha value is -0.340. The Morgan fingerprint density at radius 2 is 2.12 bits per heavy atom. The Morgan fingerprint density at radius 1 is 1.31 bits per heavy atom. The summed E-state index contributed by atoms with van der Waals surface area (Å²) in [5.41, 5.74) is 1.28. The largest absolute Gasteiger partial charge is 0.388 e. The first-order valence-corrected chi connectivity index (χ1v) is 6.77. The van der Waals surface area contributed by atoms with Gasteiger partial charge in [-0.25, -0.2) is 0 Å². The second-order valence-electron chi connectivity index (χ2n) is 5.21. The third-order valence-corrected chi connectivity index (χ3v) is 4.05. The lowest BCUT2D eigenvalue weighted by Gasteiger charge is -2.24. The van der Waals surface area contributed by atoms with Gasteiger partial charge >= 0.3 is 0 Å². The summed E-state index contributed by atoms with van der Waals surface area (Å²) in [6.07, 6.45) is 10.7. The number of ether oxygens (including phenoxy) is 1. The van der Waals surface area contributed by atoms with Crippen molar-refractivity contribution in [1.82, 2.24) is 0 Å². The van der Waals surface area contributed by atoms with Gasteiger partial charge in [0.05, 0.1) is 12.2 Å². The van der Waals surface area contributed by atoms with Gasteiger partial charge in [0.1, 0.15) is 0 Å². The molecule has 0 radical (unpaired) electrons. The van der Waals surface area contributed by atoms with Crippen LogP contribution in [0, 0.1) is 5.92 Å². The standard InChI is InChI=1S/C14H24O2/c1-11-13(9-10-16-11)14(15)12-7-5-3-2-4-6-8-12/h7,11,13-15H,2-6,8-10H2,1H3. The summed E-state index contributed by atoms with van der Waals surface area (Å²) < 4.78 is 5.55. The van der Waals surface area contributed by atoms with Crippen LogP contribution in [-0.2, 0) is 4.74 Å². The van der Waals surface area contributed by atoms with Gasteiger partial charge in [-0.15, -0.1) is 0 Å². The van der Waals surface area contributed by atoms with Gasteiger partial charge in [-0.2, -0.15) is 0 Å². The minimum Gasteiger partial charge on any atom is -0.388 e. The van der Waals surface area contributed by atoms with E-state index in [2.05, 4.69) is 13.0 Å². The van der Waals surface area contributed by atoms with E-state index in [0.29, 0.717) is 5.92 Å². The van der Waals surface area contributed by atoms with Crippen molar-refractivity contribution in [2.75, 3.05) is 6.61 Å². The molecular weight excluding hydrogens is 200 g/mol. The van der Waals surface area contributed by atoms with Crippen LogP contribution in [-0.4, -0.2) is 23.9 Å². The molecule has 1 N–H and O–H groups in total. The van der Waals surface area contributed by atoms with Crippen molar-refractivity contribution >= 4 is 0 Å². The molecule has 1 saturated heterocycles. The second-order valence-corrected chi connectivity index (χ2v) is 5.21. The van der Waals surface area contributed by atoms with E-state index in [1.807, 2.05) is 0 Å². The highest BCUT2D eigenvalue weighted by molar-refractivity contribution is 5.11. The van der Waals surface area contributed by atoms with Crippen molar-refractivity contribution in [3.05, 3.63) is 11.6 Å². The van der Waals surface area contributed by atoms with Gasteiger partial charge in [-0.05, 0) is 44.6 Å². The van der Waals surface area contributed by atoms with Crippen LogP contribution in [0.5, 0.6) is 0 Å². The fraction of sp³-hybridized carbons (Fsp3) is 0.857. The lowest BCUT2D eigenvalue weighted by atomic mass is 9.86. The fourth-order valence-electron chi connectivity index (χ4n) is 2.92. The first-order valence-electron chi connectivity index (χ1n) is 6.77. The lowest BCUT2D eigenvalue weighted by Crippen LogP contribution is -2.28. The van der Waals surface area contributed by atoms with Gasteiger partial charge in [0, 0.05) is 12.5 Å². The molecule has 2 aliphatic rings. The molecular formula is C14H24O2. The smallest absolute Gasteiger partial charge is 0.0803 e. The second kappa shape index (κ2) is 5.83. The van der Waals surface area contributed by atoms with E-state index >= 15 is 0 Å². The van der Waals surface area contributed by atoms with E-state index in [1.165, 1.54) is 31.3 Å². The zero-order valence-electron chi connectivity index (χ0n) is 10.3. The van der Waals surface area contributed by atoms with Crippen LogP contribution in [0.25, 0.3) is 0 Å². The molecule has 1 aliphatic heterocycles. The lowest BCUT2D eigenvalue weighted by molar-refractivity contribution is 0.0578. The molecule has 0 aromatic rings. The predicted octanol–water partition coefficient (Wildman–Crippen LogP) is 3.05. The first-order chi connectivity index (χ1) is 7.79. The van der Waals surface area contributed by atoms with Crippen molar-refractivity contribution in [2.24, 2.45) is 5.92 Å². The zero-order valence-corrected chi connectivity index (χ0v) is 10.3. The van der Waals surface area contributed by atoms with Crippen LogP contribution < -0.4 is 0 Å². The number of hydrogen-bond acceptors (Lipinski definition) is 2. The monoisotopic (exact) mass is 224 g/mol. The zero-order chi connectivity index (χ0) is 11.4. The molecule has 92 valence electrons. The van der Waals surface area contributed by atoms with Crippen molar-refractivity contribution in [2.45, 2.75) is 64.1 Å².